The summed E-state index contributed by atoms with van der Waals surface area (Å²) in [6.07, 6.45) is 1.87. The van der Waals surface area contributed by atoms with Crippen LogP contribution in [0.2, 0.25) is 0 Å². The summed E-state index contributed by atoms with van der Waals surface area (Å²) in [7, 11) is 0. The van der Waals surface area contributed by atoms with Crippen LogP contribution < -0.4 is 10.2 Å². The number of anilines is 1. The third-order valence-corrected chi connectivity index (χ3v) is 2.97. The Balaban J connectivity index is 0.000000845. The summed E-state index contributed by atoms with van der Waals surface area (Å²) >= 11 is 1.72. The highest BCUT2D eigenvalue weighted by molar-refractivity contribution is 7.13. The van der Waals surface area contributed by atoms with Crippen LogP contribution in [-0.2, 0) is 0 Å². The molecule has 2 heterocycles. The van der Waals surface area contributed by atoms with Crippen LogP contribution >= 0.6 is 36.2 Å². The van der Waals surface area contributed by atoms with Gasteiger partial charge in [0.05, 0.1) is 0 Å². The fourth-order valence-electron chi connectivity index (χ4n) is 1.48. The Kier molecular flexibility index (Phi) is 6.44. The number of hydrogen-bond donors (Lipinski definition) is 1. The summed E-state index contributed by atoms with van der Waals surface area (Å²) < 4.78 is 0. The Hall–Kier alpha value is -0.0300. The topological polar surface area (TPSA) is 28.2 Å². The summed E-state index contributed by atoms with van der Waals surface area (Å²) in [4.78, 5) is 6.67. The van der Waals surface area contributed by atoms with E-state index < -0.39 is 0 Å². The van der Waals surface area contributed by atoms with Crippen LogP contribution in [0.1, 0.15) is 6.92 Å². The second-order valence-corrected chi connectivity index (χ2v) is 3.93. The minimum absolute atomic E-state index is 0. The molecule has 0 aromatic carbocycles. The molecule has 0 spiro atoms. The fraction of sp³-hybridized carbons (Fsp3) is 0.625. The smallest absolute Gasteiger partial charge is 0.185 e. The summed E-state index contributed by atoms with van der Waals surface area (Å²) in [6, 6.07) is 0.574. The molecule has 1 fully saturated rings. The van der Waals surface area contributed by atoms with Crippen molar-refractivity contribution in [2.24, 2.45) is 0 Å². The van der Waals surface area contributed by atoms with Gasteiger partial charge < -0.3 is 10.2 Å². The van der Waals surface area contributed by atoms with Gasteiger partial charge in [-0.25, -0.2) is 4.98 Å². The molecular formula is C8H15Cl2N3S. The van der Waals surface area contributed by atoms with Gasteiger partial charge >= 0.3 is 0 Å². The third kappa shape index (κ3) is 2.98. The van der Waals surface area contributed by atoms with Gasteiger partial charge in [-0.1, -0.05) is 0 Å². The lowest BCUT2D eigenvalue weighted by Gasteiger charge is -2.33. The summed E-state index contributed by atoms with van der Waals surface area (Å²) in [5, 5.41) is 6.55. The predicted molar refractivity (Wildman–Crippen MR) is 66.3 cm³/mol. The zero-order valence-corrected chi connectivity index (χ0v) is 10.4. The van der Waals surface area contributed by atoms with Crippen LogP contribution in [0.3, 0.4) is 0 Å². The number of piperazine rings is 1. The molecule has 1 aromatic heterocycles. The Morgan fingerprint density at radius 3 is 2.93 bits per heavy atom. The highest BCUT2D eigenvalue weighted by atomic mass is 35.5. The maximum atomic E-state index is 4.31. The molecule has 1 N–H and O–H groups in total. The predicted octanol–water partition coefficient (Wildman–Crippen LogP) is 1.78. The van der Waals surface area contributed by atoms with Gasteiger partial charge in [0.15, 0.2) is 5.13 Å². The van der Waals surface area contributed by atoms with Crippen LogP contribution in [0, 0.1) is 0 Å². The molecule has 0 unspecified atom stereocenters. The quantitative estimate of drug-likeness (QED) is 0.830. The van der Waals surface area contributed by atoms with Crippen LogP contribution in [0.5, 0.6) is 0 Å². The number of thiazole rings is 1. The molecule has 1 aliphatic rings. The Labute approximate surface area is 101 Å². The van der Waals surface area contributed by atoms with Gasteiger partial charge in [0.1, 0.15) is 0 Å². The molecule has 0 saturated carbocycles. The van der Waals surface area contributed by atoms with Crippen LogP contribution in [0.25, 0.3) is 0 Å². The molecule has 0 bridgehead atoms. The molecular weight excluding hydrogens is 241 g/mol. The largest absolute Gasteiger partial charge is 0.343 e. The van der Waals surface area contributed by atoms with E-state index in [2.05, 4.69) is 22.1 Å². The molecule has 0 amide bonds. The average molecular weight is 256 g/mol. The van der Waals surface area contributed by atoms with Gasteiger partial charge in [-0.3, -0.25) is 0 Å². The Morgan fingerprint density at radius 1 is 1.57 bits per heavy atom. The first-order valence-corrected chi connectivity index (χ1v) is 5.13. The van der Waals surface area contributed by atoms with Crippen molar-refractivity contribution >= 4 is 41.3 Å². The lowest BCUT2D eigenvalue weighted by molar-refractivity contribution is 0.500. The van der Waals surface area contributed by atoms with Gasteiger partial charge in [0, 0.05) is 37.3 Å². The van der Waals surface area contributed by atoms with Crippen molar-refractivity contribution < 1.29 is 0 Å². The minimum atomic E-state index is 0. The van der Waals surface area contributed by atoms with E-state index in [9.17, 15) is 0 Å². The maximum Gasteiger partial charge on any atom is 0.185 e. The molecule has 2 rings (SSSR count). The second kappa shape index (κ2) is 6.45. The minimum Gasteiger partial charge on any atom is -0.343 e. The van der Waals surface area contributed by atoms with Crippen LogP contribution in [-0.4, -0.2) is 30.7 Å². The SMILES string of the molecule is C[C@H]1CNCCN1c1nccs1.Cl.Cl. The highest BCUT2D eigenvalue weighted by Gasteiger charge is 2.19. The van der Waals surface area contributed by atoms with Gasteiger partial charge in [-0.15, -0.1) is 36.2 Å². The van der Waals surface area contributed by atoms with Crippen molar-refractivity contribution in [2.45, 2.75) is 13.0 Å². The number of rotatable bonds is 1. The highest BCUT2D eigenvalue weighted by Crippen LogP contribution is 2.20. The number of halogens is 2. The first-order chi connectivity index (χ1) is 5.88. The molecule has 82 valence electrons. The zero-order chi connectivity index (χ0) is 8.39. The standard InChI is InChI=1S/C8H13N3S.2ClH/c1-7-6-9-2-4-11(7)8-10-3-5-12-8;;/h3,5,7,9H,2,4,6H2,1H3;2*1H/t7-;;/m0../s1. The lowest BCUT2D eigenvalue weighted by Crippen LogP contribution is -2.49. The maximum absolute atomic E-state index is 4.31. The van der Waals surface area contributed by atoms with E-state index in [4.69, 9.17) is 0 Å². The number of aromatic nitrogens is 1. The van der Waals surface area contributed by atoms with Crippen molar-refractivity contribution in [3.05, 3.63) is 11.6 Å². The first kappa shape index (κ1) is 14.0. The normalized spacial score (nSPS) is 20.9. The van der Waals surface area contributed by atoms with E-state index in [0.717, 1.165) is 24.8 Å². The van der Waals surface area contributed by atoms with E-state index >= 15 is 0 Å². The summed E-state index contributed by atoms with van der Waals surface area (Å²) in [5.41, 5.74) is 0. The zero-order valence-electron chi connectivity index (χ0n) is 7.97. The van der Waals surface area contributed by atoms with Crippen molar-refractivity contribution in [1.29, 1.82) is 0 Å². The fourth-order valence-corrected chi connectivity index (χ4v) is 2.25. The molecule has 1 saturated heterocycles. The molecule has 1 atom stereocenters. The third-order valence-electron chi connectivity index (χ3n) is 2.17. The van der Waals surface area contributed by atoms with Crippen molar-refractivity contribution in [2.75, 3.05) is 24.5 Å². The number of hydrogen-bond acceptors (Lipinski definition) is 4. The number of nitrogens with one attached hydrogen (secondary N) is 1. The van der Waals surface area contributed by atoms with E-state index in [0.29, 0.717) is 6.04 Å². The summed E-state index contributed by atoms with van der Waals surface area (Å²) in [5.74, 6) is 0. The van der Waals surface area contributed by atoms with Crippen LogP contribution in [0.15, 0.2) is 11.6 Å². The van der Waals surface area contributed by atoms with Gasteiger partial charge in [-0.2, -0.15) is 0 Å². The van der Waals surface area contributed by atoms with Gasteiger partial charge in [0.25, 0.3) is 0 Å². The van der Waals surface area contributed by atoms with Gasteiger partial charge in [0.2, 0.25) is 0 Å². The monoisotopic (exact) mass is 255 g/mol. The van der Waals surface area contributed by atoms with E-state index in [-0.39, 0.29) is 24.8 Å². The molecule has 3 nitrogen and oxygen atoms in total. The molecule has 1 aliphatic heterocycles. The molecule has 0 radical (unpaired) electrons. The first-order valence-electron chi connectivity index (χ1n) is 4.25. The van der Waals surface area contributed by atoms with Crippen molar-refractivity contribution in [1.82, 2.24) is 10.3 Å². The average Bonchev–Trinajstić information content (AvgIpc) is 2.57. The van der Waals surface area contributed by atoms with E-state index in [1.807, 2.05) is 11.6 Å². The van der Waals surface area contributed by atoms with Gasteiger partial charge in [-0.05, 0) is 6.92 Å². The van der Waals surface area contributed by atoms with Crippen molar-refractivity contribution in [3.8, 4) is 0 Å². The molecule has 1 aromatic rings. The lowest BCUT2D eigenvalue weighted by atomic mass is 10.2. The number of nitrogens with zero attached hydrogens (tertiary/aromatic N) is 2. The molecule has 0 aliphatic carbocycles. The van der Waals surface area contributed by atoms with Crippen molar-refractivity contribution in [3.63, 3.8) is 0 Å². The van der Waals surface area contributed by atoms with E-state index in [1.165, 1.54) is 0 Å². The van der Waals surface area contributed by atoms with Crippen LogP contribution in [0.4, 0.5) is 5.13 Å². The van der Waals surface area contributed by atoms with E-state index in [1.54, 1.807) is 11.3 Å². The Bertz CT molecular complexity index is 243. The Morgan fingerprint density at radius 2 is 2.36 bits per heavy atom. The summed E-state index contributed by atoms with van der Waals surface area (Å²) in [6.45, 7) is 5.45. The molecule has 14 heavy (non-hydrogen) atoms. The molecule has 6 heteroatoms. The second-order valence-electron chi connectivity index (χ2n) is 3.06.